The molecular formula is C16H25BrN2O. The zero-order valence-electron chi connectivity index (χ0n) is 12.6. The normalized spacial score (nSPS) is 13.1. The maximum Gasteiger partial charge on any atom is 0.224 e. The maximum atomic E-state index is 12.0. The van der Waals surface area contributed by atoms with Crippen molar-refractivity contribution in [1.29, 1.82) is 0 Å². The molecule has 20 heavy (non-hydrogen) atoms. The fourth-order valence-corrected chi connectivity index (χ4v) is 2.71. The number of amides is 1. The van der Waals surface area contributed by atoms with Crippen LogP contribution in [0.4, 0.5) is 5.69 Å². The Balaban J connectivity index is 2.50. The Morgan fingerprint density at radius 2 is 2.05 bits per heavy atom. The lowest BCUT2D eigenvalue weighted by Crippen LogP contribution is -2.25. The molecule has 0 bridgehead atoms. The molecule has 0 saturated carbocycles. The number of nitrogens with two attached hydrogens (primary N) is 1. The number of rotatable bonds is 6. The van der Waals surface area contributed by atoms with Gasteiger partial charge in [-0.15, -0.1) is 0 Å². The third kappa shape index (κ3) is 6.06. The molecule has 0 aliphatic carbocycles. The highest BCUT2D eigenvalue weighted by molar-refractivity contribution is 9.10. The lowest BCUT2D eigenvalue weighted by molar-refractivity contribution is -0.116. The average Bonchev–Trinajstić information content (AvgIpc) is 2.33. The topological polar surface area (TPSA) is 55.1 Å². The van der Waals surface area contributed by atoms with E-state index in [9.17, 15) is 4.79 Å². The average molecular weight is 341 g/mol. The summed E-state index contributed by atoms with van der Waals surface area (Å²) in [4.78, 5) is 12.0. The highest BCUT2D eigenvalue weighted by Crippen LogP contribution is 2.32. The molecule has 0 aromatic heterocycles. The molecule has 0 aliphatic heterocycles. The molecule has 0 saturated heterocycles. The highest BCUT2D eigenvalue weighted by atomic mass is 79.9. The summed E-state index contributed by atoms with van der Waals surface area (Å²) in [6, 6.07) is 7.64. The largest absolute Gasteiger partial charge is 0.330 e. The van der Waals surface area contributed by atoms with E-state index in [1.54, 1.807) is 0 Å². The van der Waals surface area contributed by atoms with E-state index in [1.165, 1.54) is 0 Å². The van der Waals surface area contributed by atoms with Gasteiger partial charge in [0.2, 0.25) is 5.91 Å². The fourth-order valence-electron chi connectivity index (χ4n) is 2.31. The van der Waals surface area contributed by atoms with Crippen LogP contribution in [-0.4, -0.2) is 12.5 Å². The number of benzene rings is 1. The van der Waals surface area contributed by atoms with Gasteiger partial charge in [0.15, 0.2) is 0 Å². The predicted octanol–water partition coefficient (Wildman–Crippen LogP) is 4.18. The summed E-state index contributed by atoms with van der Waals surface area (Å²) < 4.78 is 0.964. The molecule has 4 heteroatoms. The minimum absolute atomic E-state index is 0.0642. The van der Waals surface area contributed by atoms with E-state index in [2.05, 4.69) is 42.0 Å². The summed E-state index contributed by atoms with van der Waals surface area (Å²) in [5, 5.41) is 2.93. The smallest absolute Gasteiger partial charge is 0.224 e. The van der Waals surface area contributed by atoms with E-state index in [4.69, 9.17) is 5.73 Å². The molecule has 1 amide bonds. The predicted molar refractivity (Wildman–Crippen MR) is 88.6 cm³/mol. The van der Waals surface area contributed by atoms with Crippen LogP contribution in [0.3, 0.4) is 0 Å². The lowest BCUT2D eigenvalue weighted by Gasteiger charge is -2.30. The molecule has 1 aromatic rings. The van der Waals surface area contributed by atoms with Gasteiger partial charge in [-0.3, -0.25) is 4.79 Å². The zero-order chi connectivity index (χ0) is 15.2. The molecule has 1 atom stereocenters. The molecular weight excluding hydrogens is 316 g/mol. The van der Waals surface area contributed by atoms with Crippen molar-refractivity contribution >= 4 is 27.5 Å². The third-order valence-electron chi connectivity index (χ3n) is 3.57. The number of hydrogen-bond donors (Lipinski definition) is 2. The van der Waals surface area contributed by atoms with Crippen molar-refractivity contribution in [3.8, 4) is 0 Å². The first-order valence-electron chi connectivity index (χ1n) is 7.08. The first-order valence-corrected chi connectivity index (χ1v) is 7.87. The molecule has 0 heterocycles. The molecule has 112 valence electrons. The summed E-state index contributed by atoms with van der Waals surface area (Å²) in [6.07, 6.45) is 2.38. The van der Waals surface area contributed by atoms with Crippen LogP contribution >= 0.6 is 15.9 Å². The van der Waals surface area contributed by atoms with Gasteiger partial charge in [0.1, 0.15) is 0 Å². The van der Waals surface area contributed by atoms with Crippen LogP contribution in [0.15, 0.2) is 28.7 Å². The van der Waals surface area contributed by atoms with Gasteiger partial charge in [-0.25, -0.2) is 0 Å². The fraction of sp³-hybridized carbons (Fsp3) is 0.562. The van der Waals surface area contributed by atoms with Crippen LogP contribution in [0.1, 0.15) is 40.0 Å². The van der Waals surface area contributed by atoms with Crippen molar-refractivity contribution in [3.63, 3.8) is 0 Å². The van der Waals surface area contributed by atoms with Crippen molar-refractivity contribution in [2.75, 3.05) is 11.9 Å². The maximum absolute atomic E-state index is 12.0. The Bertz CT molecular complexity index is 440. The van der Waals surface area contributed by atoms with Crippen LogP contribution in [0.25, 0.3) is 0 Å². The second-order valence-electron chi connectivity index (χ2n) is 6.24. The van der Waals surface area contributed by atoms with Gasteiger partial charge >= 0.3 is 0 Å². The van der Waals surface area contributed by atoms with Crippen LogP contribution in [0.5, 0.6) is 0 Å². The number of halogens is 1. The van der Waals surface area contributed by atoms with E-state index >= 15 is 0 Å². The van der Waals surface area contributed by atoms with E-state index < -0.39 is 0 Å². The van der Waals surface area contributed by atoms with E-state index in [0.717, 1.165) is 23.0 Å². The first-order chi connectivity index (χ1) is 9.32. The minimum Gasteiger partial charge on any atom is -0.330 e. The molecule has 1 aromatic carbocycles. The summed E-state index contributed by atoms with van der Waals surface area (Å²) >= 11 is 3.40. The van der Waals surface area contributed by atoms with Crippen LogP contribution in [0.2, 0.25) is 0 Å². The molecule has 0 spiro atoms. The number of nitrogens with one attached hydrogen (secondary N) is 1. The summed E-state index contributed by atoms with van der Waals surface area (Å²) in [5.74, 6) is 0.537. The highest BCUT2D eigenvalue weighted by Gasteiger charge is 2.24. The lowest BCUT2D eigenvalue weighted by atomic mass is 9.76. The monoisotopic (exact) mass is 340 g/mol. The Morgan fingerprint density at radius 3 is 2.60 bits per heavy atom. The van der Waals surface area contributed by atoms with Crippen molar-refractivity contribution in [2.45, 2.75) is 40.0 Å². The molecule has 0 radical (unpaired) electrons. The SMILES string of the molecule is CC(C)(C)C(CCN)CCC(=O)Nc1cccc(Br)c1. The molecule has 3 N–H and O–H groups in total. The minimum atomic E-state index is 0.0642. The summed E-state index contributed by atoms with van der Waals surface area (Å²) in [6.45, 7) is 7.30. The van der Waals surface area contributed by atoms with Gasteiger partial charge in [0.25, 0.3) is 0 Å². The van der Waals surface area contributed by atoms with Gasteiger partial charge in [-0.05, 0) is 48.9 Å². The Labute approximate surface area is 130 Å². The van der Waals surface area contributed by atoms with Gasteiger partial charge in [0.05, 0.1) is 0 Å². The second-order valence-corrected chi connectivity index (χ2v) is 7.15. The second kappa shape index (κ2) is 7.79. The van der Waals surface area contributed by atoms with Gasteiger partial charge in [-0.1, -0.05) is 42.8 Å². The molecule has 1 rings (SSSR count). The Morgan fingerprint density at radius 1 is 1.35 bits per heavy atom. The van der Waals surface area contributed by atoms with Crippen LogP contribution in [0, 0.1) is 11.3 Å². The molecule has 1 unspecified atom stereocenters. The van der Waals surface area contributed by atoms with E-state index in [1.807, 2.05) is 24.3 Å². The van der Waals surface area contributed by atoms with E-state index in [0.29, 0.717) is 18.9 Å². The van der Waals surface area contributed by atoms with Gasteiger partial charge in [0, 0.05) is 16.6 Å². The summed E-state index contributed by atoms with van der Waals surface area (Å²) in [7, 11) is 0. The molecule has 3 nitrogen and oxygen atoms in total. The van der Waals surface area contributed by atoms with Crippen molar-refractivity contribution in [3.05, 3.63) is 28.7 Å². The van der Waals surface area contributed by atoms with Crippen molar-refractivity contribution < 1.29 is 4.79 Å². The van der Waals surface area contributed by atoms with Gasteiger partial charge in [-0.2, -0.15) is 0 Å². The Hall–Kier alpha value is -0.870. The molecule has 0 fully saturated rings. The zero-order valence-corrected chi connectivity index (χ0v) is 14.2. The van der Waals surface area contributed by atoms with E-state index in [-0.39, 0.29) is 11.3 Å². The van der Waals surface area contributed by atoms with Crippen molar-refractivity contribution in [1.82, 2.24) is 0 Å². The quantitative estimate of drug-likeness (QED) is 0.816. The number of carbonyl (C=O) groups excluding carboxylic acids is 1. The number of anilines is 1. The first kappa shape index (κ1) is 17.2. The number of hydrogen-bond acceptors (Lipinski definition) is 2. The summed E-state index contributed by atoms with van der Waals surface area (Å²) in [5.41, 5.74) is 6.69. The van der Waals surface area contributed by atoms with Gasteiger partial charge < -0.3 is 11.1 Å². The third-order valence-corrected chi connectivity index (χ3v) is 4.06. The van der Waals surface area contributed by atoms with Crippen LogP contribution in [-0.2, 0) is 4.79 Å². The number of carbonyl (C=O) groups is 1. The Kier molecular flexibility index (Phi) is 6.69. The van der Waals surface area contributed by atoms with Crippen molar-refractivity contribution in [2.24, 2.45) is 17.1 Å². The van der Waals surface area contributed by atoms with Crippen LogP contribution < -0.4 is 11.1 Å². The molecule has 0 aliphatic rings. The standard InChI is InChI=1S/C16H25BrN2O/c1-16(2,3)12(9-10-18)7-8-15(20)19-14-6-4-5-13(17)11-14/h4-6,11-12H,7-10,18H2,1-3H3,(H,19,20).